The fraction of sp³-hybridized carbons (Fsp3) is 0.667. The van der Waals surface area contributed by atoms with Gasteiger partial charge in [-0.25, -0.2) is 4.98 Å². The number of hydrogen-bond acceptors (Lipinski definition) is 7. The molecule has 1 aromatic rings. The molecule has 0 saturated carbocycles. The van der Waals surface area contributed by atoms with E-state index in [1.807, 2.05) is 32.2 Å². The van der Waals surface area contributed by atoms with Crippen LogP contribution in [-0.4, -0.2) is 61.4 Å². The molecule has 1 heterocycles. The molecule has 0 saturated heterocycles. The fourth-order valence-electron chi connectivity index (χ4n) is 4.31. The van der Waals surface area contributed by atoms with Crippen molar-refractivity contribution in [1.29, 1.82) is 1.34 Å². The second kappa shape index (κ2) is 15.1. The maximum Gasteiger partial charge on any atom is 0.235 e. The van der Waals surface area contributed by atoms with Crippen molar-refractivity contribution in [2.45, 2.75) is 86.4 Å². The van der Waals surface area contributed by atoms with Gasteiger partial charge in [-0.05, 0) is 79.2 Å². The second-order valence-corrected chi connectivity index (χ2v) is 11.9. The van der Waals surface area contributed by atoms with Crippen molar-refractivity contribution in [3.05, 3.63) is 33.3 Å². The number of aromatic nitrogens is 1. The molecule has 36 heavy (non-hydrogen) atoms. The molecular weight excluding hydrogens is 491 g/mol. The third-order valence-corrected chi connectivity index (χ3v) is 7.80. The van der Waals surface area contributed by atoms with Crippen molar-refractivity contribution in [1.82, 2.24) is 9.88 Å². The summed E-state index contributed by atoms with van der Waals surface area (Å²) in [7, 11) is 4.45. The lowest BCUT2D eigenvalue weighted by Crippen LogP contribution is -2.47. The molecule has 1 amide bonds. The highest BCUT2D eigenvalue weighted by Gasteiger charge is 2.42. The van der Waals surface area contributed by atoms with Gasteiger partial charge < -0.3 is 14.2 Å². The number of aliphatic hydroxyl groups excluding tert-OH is 1. The van der Waals surface area contributed by atoms with Gasteiger partial charge in [0.25, 0.3) is 0 Å². The molecule has 0 bridgehead atoms. The quantitative estimate of drug-likeness (QED) is 0.129. The summed E-state index contributed by atoms with van der Waals surface area (Å²) in [6.07, 6.45) is 6.46. The van der Waals surface area contributed by atoms with Crippen LogP contribution in [0.4, 0.5) is 0 Å². The number of aliphatic hydroxyl groups is 1. The number of amides is 1. The number of aryl methyl sites for hydroxylation is 1. The lowest BCUT2D eigenvalue weighted by molar-refractivity contribution is -0.149. The van der Waals surface area contributed by atoms with E-state index in [1.165, 1.54) is 17.6 Å². The zero-order valence-electron chi connectivity index (χ0n) is 24.3. The van der Waals surface area contributed by atoms with Gasteiger partial charge in [-0.15, -0.1) is 11.3 Å². The molecule has 9 heteroatoms. The predicted octanol–water partition coefficient (Wildman–Crippen LogP) is 5.53. The van der Waals surface area contributed by atoms with E-state index in [-0.39, 0.29) is 23.7 Å². The standard InChI is InChI=1S/C27H44BN2O4S2/c1-17(13-14-23(34-36-28)19(3)15-22-16-35-21(5)29-22)11-10-12-18(2)24(31)20(4)25(32)27(6,7)26(33)30(8)9/h13,15-16,18,20,23-24,28,31H,10-12,14H2,1-9H3/b17-13-,19-15+/t18-,20+,23-,24-/m0/s1/i28T. The van der Waals surface area contributed by atoms with Crippen LogP contribution in [0.5, 0.6) is 0 Å². The first-order chi connectivity index (χ1) is 17.2. The number of carbonyl (C=O) groups is 2. The Morgan fingerprint density at radius 3 is 2.58 bits per heavy atom. The highest BCUT2D eigenvalue weighted by atomic mass is 32.2. The lowest BCUT2D eigenvalue weighted by Gasteiger charge is -2.32. The Hall–Kier alpha value is -1.42. The molecule has 0 aliphatic heterocycles. The Morgan fingerprint density at radius 2 is 2.03 bits per heavy atom. The molecule has 1 radical (unpaired) electrons. The predicted molar refractivity (Wildman–Crippen MR) is 154 cm³/mol. The van der Waals surface area contributed by atoms with Crippen LogP contribution >= 0.6 is 23.2 Å². The largest absolute Gasteiger partial charge is 0.392 e. The van der Waals surface area contributed by atoms with Crippen molar-refractivity contribution in [2.24, 2.45) is 17.3 Å². The monoisotopic (exact) mass is 537 g/mol. The van der Waals surface area contributed by atoms with E-state index >= 15 is 0 Å². The summed E-state index contributed by atoms with van der Waals surface area (Å²) in [5, 5.41) is 13.9. The first kappa shape index (κ1) is 30.8. The maximum absolute atomic E-state index is 13.0. The molecule has 1 aromatic heterocycles. The molecule has 0 unspecified atom stereocenters. The van der Waals surface area contributed by atoms with E-state index in [9.17, 15) is 14.7 Å². The van der Waals surface area contributed by atoms with Crippen LogP contribution in [0.1, 0.15) is 77.9 Å². The van der Waals surface area contributed by atoms with Gasteiger partial charge >= 0.3 is 0 Å². The molecule has 4 atom stereocenters. The number of allylic oxidation sites excluding steroid dienone is 1. The summed E-state index contributed by atoms with van der Waals surface area (Å²) in [6.45, 7) is 13.0. The molecule has 1 N–H and O–H groups in total. The van der Waals surface area contributed by atoms with Crippen LogP contribution in [0.2, 0.25) is 0 Å². The summed E-state index contributed by atoms with van der Waals surface area (Å²) in [5.74, 6) is -1.17. The number of carbonyl (C=O) groups excluding carboxylic acids is 2. The van der Waals surface area contributed by atoms with Crippen LogP contribution in [0, 0.1) is 24.2 Å². The minimum Gasteiger partial charge on any atom is -0.392 e. The number of Topliss-reactive ketones (excluding diaryl/α,β-unsaturated/α-hetero) is 1. The minimum absolute atomic E-state index is 0.0659. The van der Waals surface area contributed by atoms with E-state index in [0.29, 0.717) is 6.42 Å². The van der Waals surface area contributed by atoms with Gasteiger partial charge in [-0.2, -0.15) is 0 Å². The summed E-state index contributed by atoms with van der Waals surface area (Å²) in [5.41, 5.74) is 2.04. The van der Waals surface area contributed by atoms with Gasteiger partial charge in [0.15, 0.2) is 5.78 Å². The number of ketones is 1. The Balaban J connectivity index is 2.67. The minimum atomic E-state index is -1.16. The average Bonchev–Trinajstić information content (AvgIpc) is 3.25. The van der Waals surface area contributed by atoms with Crippen molar-refractivity contribution in [2.75, 3.05) is 14.1 Å². The Kier molecular flexibility index (Phi) is 12.9. The van der Waals surface area contributed by atoms with Crippen molar-refractivity contribution in [3.8, 4) is 0 Å². The Labute approximate surface area is 228 Å². The highest BCUT2D eigenvalue weighted by Crippen LogP contribution is 2.29. The number of hydrogen-bond donors (Lipinski definition) is 1. The summed E-state index contributed by atoms with van der Waals surface area (Å²) >= 11 is 2.63. The van der Waals surface area contributed by atoms with Gasteiger partial charge in [0, 0.05) is 25.4 Å². The normalized spacial score (nSPS) is 16.7. The third kappa shape index (κ3) is 9.80. The zero-order chi connectivity index (χ0) is 28.3. The van der Waals surface area contributed by atoms with Gasteiger partial charge in [0.05, 0.1) is 22.9 Å². The summed E-state index contributed by atoms with van der Waals surface area (Å²) < 4.78 is 13.1. The third-order valence-electron chi connectivity index (χ3n) is 6.67. The van der Waals surface area contributed by atoms with E-state index < -0.39 is 17.4 Å². The molecule has 1 rings (SSSR count). The Bertz CT molecular complexity index is 949. The van der Waals surface area contributed by atoms with E-state index in [0.717, 1.165) is 47.4 Å². The summed E-state index contributed by atoms with van der Waals surface area (Å²) in [6, 6.07) is 0. The highest BCUT2D eigenvalue weighted by molar-refractivity contribution is 8.15. The number of thiazole rings is 1. The molecule has 0 aromatic carbocycles. The van der Waals surface area contributed by atoms with Crippen molar-refractivity contribution >= 4 is 48.1 Å². The number of nitrogens with zero attached hydrogens (tertiary/aromatic N) is 2. The van der Waals surface area contributed by atoms with Gasteiger partial charge in [0.2, 0.25) is 13.0 Å². The zero-order valence-corrected chi connectivity index (χ0v) is 25.0. The second-order valence-electron chi connectivity index (χ2n) is 10.5. The van der Waals surface area contributed by atoms with Crippen LogP contribution in [0.25, 0.3) is 6.08 Å². The molecule has 0 spiro atoms. The van der Waals surface area contributed by atoms with Crippen LogP contribution in [-0.2, 0) is 13.8 Å². The smallest absolute Gasteiger partial charge is 0.235 e. The Morgan fingerprint density at radius 1 is 1.36 bits per heavy atom. The van der Waals surface area contributed by atoms with Gasteiger partial charge in [-0.3, -0.25) is 9.59 Å². The molecule has 6 nitrogen and oxygen atoms in total. The van der Waals surface area contributed by atoms with E-state index in [4.69, 9.17) is 5.52 Å². The van der Waals surface area contributed by atoms with Gasteiger partial charge in [-0.1, -0.05) is 37.4 Å². The van der Waals surface area contributed by atoms with Crippen LogP contribution in [0.3, 0.4) is 0 Å². The maximum atomic E-state index is 13.0. The lowest BCUT2D eigenvalue weighted by atomic mass is 9.76. The summed E-state index contributed by atoms with van der Waals surface area (Å²) in [4.78, 5) is 31.3. The fourth-order valence-corrected chi connectivity index (χ4v) is 5.24. The van der Waals surface area contributed by atoms with E-state index in [1.54, 1.807) is 46.2 Å². The number of rotatable bonds is 16. The average molecular weight is 538 g/mol. The topological polar surface area (TPSA) is 79.7 Å². The van der Waals surface area contributed by atoms with Crippen LogP contribution < -0.4 is 0 Å². The van der Waals surface area contributed by atoms with Crippen LogP contribution in [0.15, 0.2) is 22.6 Å². The molecule has 0 aliphatic carbocycles. The molecule has 0 fully saturated rings. The first-order valence-corrected chi connectivity index (χ1v) is 14.1. The van der Waals surface area contributed by atoms with Gasteiger partial charge in [0.1, 0.15) is 5.41 Å². The first-order valence-electron chi connectivity index (χ1n) is 13.0. The molecule has 201 valence electrons. The SMILES string of the molecule is [3H][B]SO[C@@H](C/C=C(/C)CCC[C@H](C)[C@H](O)[C@@H](C)C(=O)C(C)(C)C(=O)N(C)C)/C(C)=C/c1csc(C)n1. The van der Waals surface area contributed by atoms with Crippen molar-refractivity contribution in [3.63, 3.8) is 0 Å². The molecule has 0 aliphatic rings. The van der Waals surface area contributed by atoms with E-state index in [2.05, 4.69) is 18.0 Å². The van der Waals surface area contributed by atoms with Crippen molar-refractivity contribution < 1.29 is 18.9 Å². The molecular formula is C27H44BN2O4S2.